The third-order valence-corrected chi connectivity index (χ3v) is 11.6. The second kappa shape index (κ2) is 10.0. The lowest BCUT2D eigenvalue weighted by molar-refractivity contribution is 0.234. The molecule has 0 spiro atoms. The molecule has 3 fully saturated rings. The predicted octanol–water partition coefficient (Wildman–Crippen LogP) is 9.50. The minimum Gasteiger partial charge on any atom is -0.366 e. The first kappa shape index (κ1) is 26.6. The highest BCUT2D eigenvalue weighted by molar-refractivity contribution is 6.10. The number of para-hydroxylation sites is 3. The zero-order valence-corrected chi connectivity index (χ0v) is 26.6. The van der Waals surface area contributed by atoms with Crippen LogP contribution in [0.15, 0.2) is 121 Å². The maximum absolute atomic E-state index is 5.31. The first-order valence-electron chi connectivity index (χ1n) is 17.4. The normalized spacial score (nSPS) is 21.7. The molecule has 232 valence electrons. The lowest BCUT2D eigenvalue weighted by Crippen LogP contribution is -2.46. The fraction of sp³-hybridized carbons (Fsp3) is 0.214. The molecular formula is C42H34N6. The summed E-state index contributed by atoms with van der Waals surface area (Å²) in [6.45, 7) is 0. The largest absolute Gasteiger partial charge is 0.366 e. The van der Waals surface area contributed by atoms with Crippen LogP contribution in [0.5, 0.6) is 0 Å². The van der Waals surface area contributed by atoms with Gasteiger partial charge >= 0.3 is 0 Å². The van der Waals surface area contributed by atoms with E-state index in [1.54, 1.807) is 0 Å². The van der Waals surface area contributed by atoms with E-state index in [2.05, 4.69) is 117 Å². The van der Waals surface area contributed by atoms with Gasteiger partial charge in [-0.15, -0.1) is 0 Å². The summed E-state index contributed by atoms with van der Waals surface area (Å²) in [7, 11) is 0. The number of anilines is 1. The van der Waals surface area contributed by atoms with Gasteiger partial charge in [-0.05, 0) is 80.3 Å². The van der Waals surface area contributed by atoms with Crippen LogP contribution < -0.4 is 4.90 Å². The van der Waals surface area contributed by atoms with E-state index >= 15 is 0 Å². The molecule has 48 heavy (non-hydrogen) atoms. The molecule has 5 aromatic carbocycles. The number of benzene rings is 5. The molecular weight excluding hydrogens is 589 g/mol. The quantitative estimate of drug-likeness (QED) is 0.196. The van der Waals surface area contributed by atoms with Crippen molar-refractivity contribution < 1.29 is 0 Å². The van der Waals surface area contributed by atoms with Crippen molar-refractivity contribution in [2.24, 2.45) is 11.8 Å². The highest BCUT2D eigenvalue weighted by atomic mass is 15.3. The Morgan fingerprint density at radius 2 is 1.00 bits per heavy atom. The van der Waals surface area contributed by atoms with Crippen molar-refractivity contribution in [1.82, 2.24) is 24.1 Å². The summed E-state index contributed by atoms with van der Waals surface area (Å²) in [6, 6.07) is 44.5. The molecule has 4 unspecified atom stereocenters. The molecule has 6 heteroatoms. The van der Waals surface area contributed by atoms with Gasteiger partial charge in [0.1, 0.15) is 0 Å². The van der Waals surface area contributed by atoms with Gasteiger partial charge in [0.15, 0.2) is 5.82 Å². The third kappa shape index (κ3) is 3.77. The van der Waals surface area contributed by atoms with Crippen LogP contribution in [0.3, 0.4) is 0 Å². The van der Waals surface area contributed by atoms with Crippen molar-refractivity contribution in [2.75, 3.05) is 4.90 Å². The van der Waals surface area contributed by atoms with Gasteiger partial charge in [0.25, 0.3) is 0 Å². The lowest BCUT2D eigenvalue weighted by atomic mass is 9.78. The van der Waals surface area contributed by atoms with Crippen LogP contribution >= 0.6 is 0 Å². The van der Waals surface area contributed by atoms with E-state index in [9.17, 15) is 0 Å². The number of fused-ring (bicyclic) bond motifs is 8. The standard InChI is InChI=1S/C42H34N6/c1-2-10-26(11-3-1)40-43-41(47-36-15-7-4-12-32(36)33-13-5-8-16-37(33)47)45-42(44-40)48-38-17-9-6-14-34(38)35-25-30(20-21-39(35)48)46-29-19-18-27-22-31(46)24-28(27)23-29/h1-17,20-21,25,27-29,31H,18-19,22-24H2. The highest BCUT2D eigenvalue weighted by Crippen LogP contribution is 2.52. The number of rotatable bonds is 4. The number of hydrogen-bond donors (Lipinski definition) is 0. The molecule has 4 atom stereocenters. The minimum atomic E-state index is 0.610. The van der Waals surface area contributed by atoms with E-state index in [0.717, 1.165) is 39.5 Å². The summed E-state index contributed by atoms with van der Waals surface area (Å²) >= 11 is 0. The van der Waals surface area contributed by atoms with E-state index < -0.39 is 0 Å². The van der Waals surface area contributed by atoms with Crippen LogP contribution in [-0.4, -0.2) is 36.2 Å². The molecule has 11 rings (SSSR count). The van der Waals surface area contributed by atoms with Crippen LogP contribution in [0.1, 0.15) is 32.1 Å². The maximum atomic E-state index is 5.31. The summed E-state index contributed by atoms with van der Waals surface area (Å²) in [6.07, 6.45) is 6.82. The highest BCUT2D eigenvalue weighted by Gasteiger charge is 2.48. The Kier molecular flexibility index (Phi) is 5.54. The fourth-order valence-electron chi connectivity index (χ4n) is 9.64. The minimum absolute atomic E-state index is 0.610. The molecule has 6 nitrogen and oxygen atoms in total. The van der Waals surface area contributed by atoms with Crippen molar-refractivity contribution >= 4 is 49.3 Å². The smallest absolute Gasteiger partial charge is 0.240 e. The first-order chi connectivity index (χ1) is 23.8. The zero-order chi connectivity index (χ0) is 31.3. The van der Waals surface area contributed by atoms with Gasteiger partial charge in [0, 0.05) is 44.9 Å². The Bertz CT molecular complexity index is 2480. The zero-order valence-electron chi connectivity index (χ0n) is 26.6. The molecule has 0 amide bonds. The maximum Gasteiger partial charge on any atom is 0.240 e. The van der Waals surface area contributed by atoms with Crippen molar-refractivity contribution in [3.8, 4) is 23.3 Å². The summed E-state index contributed by atoms with van der Waals surface area (Å²) in [5, 5.41) is 4.83. The molecule has 0 radical (unpaired) electrons. The van der Waals surface area contributed by atoms with Gasteiger partial charge in [0.05, 0.1) is 22.1 Å². The second-order valence-corrected chi connectivity index (χ2v) is 14.1. The Hall–Kier alpha value is -5.49. The van der Waals surface area contributed by atoms with E-state index in [0.29, 0.717) is 29.8 Å². The Labute approximate surface area is 278 Å². The molecule has 8 aromatic rings. The summed E-state index contributed by atoms with van der Waals surface area (Å²) in [4.78, 5) is 18.5. The summed E-state index contributed by atoms with van der Waals surface area (Å²) in [5.41, 5.74) is 6.69. The van der Waals surface area contributed by atoms with E-state index in [-0.39, 0.29) is 0 Å². The predicted molar refractivity (Wildman–Crippen MR) is 194 cm³/mol. The van der Waals surface area contributed by atoms with Gasteiger partial charge in [-0.1, -0.05) is 84.9 Å². The van der Waals surface area contributed by atoms with Crippen LogP contribution in [0.2, 0.25) is 0 Å². The van der Waals surface area contributed by atoms with E-state index in [1.807, 2.05) is 18.2 Å². The van der Waals surface area contributed by atoms with Gasteiger partial charge in [-0.3, -0.25) is 9.13 Å². The van der Waals surface area contributed by atoms with Crippen molar-refractivity contribution in [3.05, 3.63) is 121 Å². The Balaban J connectivity index is 1.16. The molecule has 3 bridgehead atoms. The van der Waals surface area contributed by atoms with Crippen molar-refractivity contribution in [3.63, 3.8) is 0 Å². The number of piperidine rings is 1. The number of aromatic nitrogens is 5. The van der Waals surface area contributed by atoms with E-state index in [4.69, 9.17) is 15.0 Å². The van der Waals surface area contributed by atoms with E-state index in [1.165, 1.54) is 59.3 Å². The molecule has 3 aliphatic rings. The molecule has 2 saturated carbocycles. The molecule has 2 aliphatic carbocycles. The van der Waals surface area contributed by atoms with Crippen molar-refractivity contribution in [1.29, 1.82) is 0 Å². The summed E-state index contributed by atoms with van der Waals surface area (Å²) < 4.78 is 4.43. The van der Waals surface area contributed by atoms with Crippen LogP contribution in [0.4, 0.5) is 5.69 Å². The van der Waals surface area contributed by atoms with Gasteiger partial charge in [0.2, 0.25) is 11.9 Å². The average molecular weight is 623 g/mol. The number of nitrogens with zero attached hydrogens (tertiary/aromatic N) is 6. The fourth-order valence-corrected chi connectivity index (χ4v) is 9.64. The molecule has 4 heterocycles. The van der Waals surface area contributed by atoms with Gasteiger partial charge in [-0.25, -0.2) is 0 Å². The lowest BCUT2D eigenvalue weighted by Gasteiger charge is -2.44. The Morgan fingerprint density at radius 1 is 0.458 bits per heavy atom. The third-order valence-electron chi connectivity index (χ3n) is 11.6. The Morgan fingerprint density at radius 3 is 1.67 bits per heavy atom. The van der Waals surface area contributed by atoms with Gasteiger partial charge in [-0.2, -0.15) is 15.0 Å². The number of hydrogen-bond acceptors (Lipinski definition) is 4. The van der Waals surface area contributed by atoms with Crippen LogP contribution in [0.25, 0.3) is 66.9 Å². The summed E-state index contributed by atoms with van der Waals surface area (Å²) in [5.74, 6) is 3.77. The van der Waals surface area contributed by atoms with Crippen molar-refractivity contribution in [2.45, 2.75) is 44.2 Å². The SMILES string of the molecule is c1ccc(-c2nc(-n3c4ccccc4c4ccccc43)nc(-n3c4ccccc4c4cc(N5C6CCC7CC5CC7C6)ccc43)n2)cc1. The van der Waals surface area contributed by atoms with Crippen LogP contribution in [0, 0.1) is 11.8 Å². The molecule has 0 N–H and O–H groups in total. The van der Waals surface area contributed by atoms with Gasteiger partial charge < -0.3 is 4.90 Å². The topological polar surface area (TPSA) is 51.8 Å². The average Bonchev–Trinajstić information content (AvgIpc) is 3.75. The molecule has 1 saturated heterocycles. The molecule has 3 aromatic heterocycles. The van der Waals surface area contributed by atoms with Crippen LogP contribution in [-0.2, 0) is 0 Å². The first-order valence-corrected chi connectivity index (χ1v) is 17.4. The second-order valence-electron chi connectivity index (χ2n) is 14.1. The molecule has 1 aliphatic heterocycles. The monoisotopic (exact) mass is 622 g/mol.